The number of ether oxygens (including phenoxy) is 1. The first kappa shape index (κ1) is 14.9. The molecular weight excluding hydrogens is 276 g/mol. The van der Waals surface area contributed by atoms with Crippen molar-refractivity contribution >= 4 is 17.0 Å². The molecule has 0 aliphatic carbocycles. The maximum atomic E-state index is 12.3. The van der Waals surface area contributed by atoms with Crippen LogP contribution in [0.25, 0.3) is 10.9 Å². The summed E-state index contributed by atoms with van der Waals surface area (Å²) in [5.41, 5.74) is 4.93. The second kappa shape index (κ2) is 6.42. The van der Waals surface area contributed by atoms with E-state index in [1.54, 1.807) is 0 Å². The largest absolute Gasteiger partial charge is 0.449 e. The highest BCUT2D eigenvalue weighted by Gasteiger charge is 2.23. The quantitative estimate of drug-likeness (QED) is 0.865. The van der Waals surface area contributed by atoms with Crippen LogP contribution in [0.2, 0.25) is 0 Å². The maximum absolute atomic E-state index is 12.3. The molecule has 2 heterocycles. The molecule has 0 bridgehead atoms. The average Bonchev–Trinajstić information content (AvgIpc) is 2.70. The number of aromatic amines is 1. The summed E-state index contributed by atoms with van der Waals surface area (Å²) in [5.74, 6) is 0. The number of nitrogens with zero attached hydrogens (tertiary/aromatic N) is 1. The number of H-pyrrole nitrogens is 1. The predicted octanol–water partition coefficient (Wildman–Crippen LogP) is 4.16. The molecule has 0 fully saturated rings. The summed E-state index contributed by atoms with van der Waals surface area (Å²) in [6.45, 7) is 6.13. The molecule has 4 heteroatoms. The monoisotopic (exact) mass is 300 g/mol. The summed E-state index contributed by atoms with van der Waals surface area (Å²) >= 11 is 0. The van der Waals surface area contributed by atoms with Gasteiger partial charge in [0.1, 0.15) is 0 Å². The first-order chi connectivity index (χ1) is 10.7. The number of carbonyl (C=O) groups is 1. The van der Waals surface area contributed by atoms with Crippen LogP contribution in [0.4, 0.5) is 4.79 Å². The normalized spacial score (nSPS) is 14.7. The number of benzene rings is 1. The van der Waals surface area contributed by atoms with Gasteiger partial charge >= 0.3 is 6.09 Å². The number of hydrogen-bond acceptors (Lipinski definition) is 2. The van der Waals surface area contributed by atoms with Gasteiger partial charge < -0.3 is 14.6 Å². The van der Waals surface area contributed by atoms with Crippen molar-refractivity contribution < 1.29 is 9.53 Å². The second-order valence-electron chi connectivity index (χ2n) is 6.12. The predicted molar refractivity (Wildman–Crippen MR) is 88.0 cm³/mol. The van der Waals surface area contributed by atoms with Crippen molar-refractivity contribution in [2.24, 2.45) is 0 Å². The topological polar surface area (TPSA) is 45.3 Å². The van der Waals surface area contributed by atoms with Crippen LogP contribution in [0, 0.1) is 6.92 Å². The third kappa shape index (κ3) is 2.96. The molecule has 1 aliphatic heterocycles. The third-order valence-corrected chi connectivity index (χ3v) is 4.34. The van der Waals surface area contributed by atoms with E-state index in [2.05, 4.69) is 37.0 Å². The Kier molecular flexibility index (Phi) is 4.36. The number of aromatic nitrogens is 1. The van der Waals surface area contributed by atoms with E-state index in [9.17, 15) is 4.79 Å². The lowest BCUT2D eigenvalue weighted by Crippen LogP contribution is -2.31. The molecule has 4 nitrogen and oxygen atoms in total. The molecule has 0 atom stereocenters. The SMILES string of the molecule is CCCCOC(=O)N1CCCc2[nH]c3ccc(C)cc3c2C1. The van der Waals surface area contributed by atoms with E-state index in [1.807, 2.05) is 4.90 Å². The fourth-order valence-electron chi connectivity index (χ4n) is 3.08. The second-order valence-corrected chi connectivity index (χ2v) is 6.12. The summed E-state index contributed by atoms with van der Waals surface area (Å²) < 4.78 is 5.38. The number of unbranched alkanes of at least 4 members (excludes halogenated alkanes) is 1. The van der Waals surface area contributed by atoms with Gasteiger partial charge in [-0.05, 0) is 38.3 Å². The molecule has 0 saturated carbocycles. The van der Waals surface area contributed by atoms with Crippen molar-refractivity contribution in [3.8, 4) is 0 Å². The van der Waals surface area contributed by atoms with E-state index in [4.69, 9.17) is 4.74 Å². The van der Waals surface area contributed by atoms with Gasteiger partial charge in [0.25, 0.3) is 0 Å². The van der Waals surface area contributed by atoms with Gasteiger partial charge in [-0.25, -0.2) is 4.79 Å². The van der Waals surface area contributed by atoms with Gasteiger partial charge in [0, 0.05) is 28.7 Å². The first-order valence-electron chi connectivity index (χ1n) is 8.21. The van der Waals surface area contributed by atoms with Crippen LogP contribution in [0.15, 0.2) is 18.2 Å². The van der Waals surface area contributed by atoms with Gasteiger partial charge in [-0.2, -0.15) is 0 Å². The Morgan fingerprint density at radius 3 is 3.09 bits per heavy atom. The lowest BCUT2D eigenvalue weighted by Gasteiger charge is -2.20. The van der Waals surface area contributed by atoms with E-state index in [-0.39, 0.29) is 6.09 Å². The van der Waals surface area contributed by atoms with Crippen molar-refractivity contribution in [1.29, 1.82) is 0 Å². The van der Waals surface area contributed by atoms with Gasteiger partial charge in [-0.3, -0.25) is 0 Å². The highest BCUT2D eigenvalue weighted by molar-refractivity contribution is 5.86. The van der Waals surface area contributed by atoms with Crippen molar-refractivity contribution in [2.75, 3.05) is 13.2 Å². The highest BCUT2D eigenvalue weighted by Crippen LogP contribution is 2.28. The maximum Gasteiger partial charge on any atom is 0.410 e. The summed E-state index contributed by atoms with van der Waals surface area (Å²) in [6, 6.07) is 6.45. The van der Waals surface area contributed by atoms with Crippen LogP contribution < -0.4 is 0 Å². The zero-order valence-electron chi connectivity index (χ0n) is 13.4. The molecule has 22 heavy (non-hydrogen) atoms. The number of aryl methyl sites for hydroxylation is 2. The molecule has 1 amide bonds. The zero-order valence-corrected chi connectivity index (χ0v) is 13.4. The van der Waals surface area contributed by atoms with E-state index in [0.717, 1.165) is 37.7 Å². The summed E-state index contributed by atoms with van der Waals surface area (Å²) in [5, 5.41) is 1.24. The molecule has 2 aromatic rings. The molecule has 1 aromatic heterocycles. The molecule has 3 rings (SSSR count). The van der Waals surface area contributed by atoms with Crippen molar-refractivity contribution in [3.05, 3.63) is 35.0 Å². The fraction of sp³-hybridized carbons (Fsp3) is 0.500. The van der Waals surface area contributed by atoms with Crippen LogP contribution >= 0.6 is 0 Å². The average molecular weight is 300 g/mol. The van der Waals surface area contributed by atoms with Crippen LogP contribution in [0.1, 0.15) is 43.0 Å². The molecular formula is C18H24N2O2. The summed E-state index contributed by atoms with van der Waals surface area (Å²) in [6.07, 6.45) is 3.75. The highest BCUT2D eigenvalue weighted by atomic mass is 16.6. The number of hydrogen-bond donors (Lipinski definition) is 1. The van der Waals surface area contributed by atoms with Gasteiger partial charge in [0.2, 0.25) is 0 Å². The zero-order chi connectivity index (χ0) is 15.5. The number of fused-ring (bicyclic) bond motifs is 3. The van der Waals surface area contributed by atoms with Gasteiger partial charge in [-0.1, -0.05) is 25.0 Å². The van der Waals surface area contributed by atoms with E-state index in [1.165, 1.54) is 22.2 Å². The Bertz CT molecular complexity index is 675. The van der Waals surface area contributed by atoms with Gasteiger partial charge in [-0.15, -0.1) is 0 Å². The summed E-state index contributed by atoms with van der Waals surface area (Å²) in [4.78, 5) is 17.6. The Balaban J connectivity index is 1.83. The van der Waals surface area contributed by atoms with Crippen LogP contribution in [0.5, 0.6) is 0 Å². The van der Waals surface area contributed by atoms with E-state index >= 15 is 0 Å². The van der Waals surface area contributed by atoms with Gasteiger partial charge in [0.15, 0.2) is 0 Å². The molecule has 1 aromatic carbocycles. The Morgan fingerprint density at radius 1 is 1.41 bits per heavy atom. The van der Waals surface area contributed by atoms with Crippen molar-refractivity contribution in [2.45, 2.75) is 46.1 Å². The number of nitrogens with one attached hydrogen (secondary N) is 1. The smallest absolute Gasteiger partial charge is 0.410 e. The molecule has 1 N–H and O–H groups in total. The number of rotatable bonds is 3. The minimum absolute atomic E-state index is 0.177. The number of amides is 1. The molecule has 0 radical (unpaired) electrons. The fourth-order valence-corrected chi connectivity index (χ4v) is 3.08. The van der Waals surface area contributed by atoms with Crippen LogP contribution in [0.3, 0.4) is 0 Å². The Morgan fingerprint density at radius 2 is 2.27 bits per heavy atom. The Labute approximate surface area is 131 Å². The third-order valence-electron chi connectivity index (χ3n) is 4.34. The summed E-state index contributed by atoms with van der Waals surface area (Å²) in [7, 11) is 0. The lowest BCUT2D eigenvalue weighted by molar-refractivity contribution is 0.0992. The number of carbonyl (C=O) groups excluding carboxylic acids is 1. The molecule has 118 valence electrons. The first-order valence-corrected chi connectivity index (χ1v) is 8.21. The standard InChI is InChI=1S/C18H24N2O2/c1-3-4-10-22-18(21)20-9-5-6-16-15(12-20)14-11-13(2)7-8-17(14)19-16/h7-8,11,19H,3-6,9-10,12H2,1-2H3. The molecule has 0 saturated heterocycles. The van der Waals surface area contributed by atoms with E-state index in [0.29, 0.717) is 13.2 Å². The molecule has 0 unspecified atom stereocenters. The van der Waals surface area contributed by atoms with Crippen LogP contribution in [-0.2, 0) is 17.7 Å². The van der Waals surface area contributed by atoms with Gasteiger partial charge in [0.05, 0.1) is 13.2 Å². The Hall–Kier alpha value is -1.97. The minimum atomic E-state index is -0.177. The van der Waals surface area contributed by atoms with E-state index < -0.39 is 0 Å². The molecule has 0 spiro atoms. The van der Waals surface area contributed by atoms with Crippen LogP contribution in [-0.4, -0.2) is 29.1 Å². The lowest BCUT2D eigenvalue weighted by atomic mass is 10.1. The molecule has 1 aliphatic rings. The minimum Gasteiger partial charge on any atom is -0.449 e. The van der Waals surface area contributed by atoms with Crippen molar-refractivity contribution in [3.63, 3.8) is 0 Å². The van der Waals surface area contributed by atoms with Crippen molar-refractivity contribution in [1.82, 2.24) is 9.88 Å².